The van der Waals surface area contributed by atoms with Crippen molar-refractivity contribution >= 4 is 5.78 Å². The second kappa shape index (κ2) is 4.42. The molecule has 0 saturated carbocycles. The van der Waals surface area contributed by atoms with E-state index in [1.165, 1.54) is 11.4 Å². The van der Waals surface area contributed by atoms with Gasteiger partial charge in [-0.2, -0.15) is 0 Å². The highest BCUT2D eigenvalue weighted by Gasteiger charge is 2.22. The summed E-state index contributed by atoms with van der Waals surface area (Å²) < 4.78 is 2.31. The van der Waals surface area contributed by atoms with Crippen molar-refractivity contribution < 1.29 is 4.79 Å². The summed E-state index contributed by atoms with van der Waals surface area (Å²) in [5.41, 5.74) is 3.46. The van der Waals surface area contributed by atoms with Crippen LogP contribution in [0.1, 0.15) is 34.6 Å². The topological polar surface area (TPSA) is 25.2 Å². The molecule has 0 aliphatic heterocycles. The summed E-state index contributed by atoms with van der Waals surface area (Å²) in [5, 5.41) is 0. The number of aryl methyl sites for hydroxylation is 1. The predicted octanol–water partition coefficient (Wildman–Crippen LogP) is 1.88. The molecule has 0 atom stereocenters. The largest absolute Gasteiger partial charge is 0.347 e. The van der Waals surface area contributed by atoms with E-state index in [1.54, 1.807) is 0 Å². The van der Waals surface area contributed by atoms with Gasteiger partial charge in [-0.05, 0) is 39.9 Å². The summed E-state index contributed by atoms with van der Waals surface area (Å²) in [4.78, 5) is 13.9. The van der Waals surface area contributed by atoms with Gasteiger partial charge in [0.1, 0.15) is 0 Å². The SMILES string of the molecule is Cc1cc2c(n1CCN(C)C)CCCC2=O. The molecule has 0 bridgehead atoms. The van der Waals surface area contributed by atoms with Crippen LogP contribution in [0.15, 0.2) is 6.07 Å². The van der Waals surface area contributed by atoms with E-state index in [2.05, 4.69) is 36.6 Å². The molecule has 1 aliphatic rings. The lowest BCUT2D eigenvalue weighted by Gasteiger charge is -2.17. The smallest absolute Gasteiger partial charge is 0.164 e. The van der Waals surface area contributed by atoms with Crippen LogP contribution in [0.25, 0.3) is 0 Å². The van der Waals surface area contributed by atoms with Gasteiger partial charge in [-0.1, -0.05) is 0 Å². The van der Waals surface area contributed by atoms with Crippen LogP contribution in [0.4, 0.5) is 0 Å². The Morgan fingerprint density at radius 3 is 2.81 bits per heavy atom. The molecule has 1 heterocycles. The first-order valence-electron chi connectivity index (χ1n) is 5.96. The molecule has 2 rings (SSSR count). The fourth-order valence-electron chi connectivity index (χ4n) is 2.40. The van der Waals surface area contributed by atoms with Crippen molar-refractivity contribution in [1.29, 1.82) is 0 Å². The number of hydrogen-bond acceptors (Lipinski definition) is 2. The molecule has 16 heavy (non-hydrogen) atoms. The Bertz CT molecular complexity index is 404. The average molecular weight is 220 g/mol. The zero-order valence-electron chi connectivity index (χ0n) is 10.4. The van der Waals surface area contributed by atoms with E-state index in [1.807, 2.05) is 0 Å². The van der Waals surface area contributed by atoms with Crippen molar-refractivity contribution in [1.82, 2.24) is 9.47 Å². The third-order valence-corrected chi connectivity index (χ3v) is 3.30. The Kier molecular flexibility index (Phi) is 3.15. The molecular weight excluding hydrogens is 200 g/mol. The Morgan fingerprint density at radius 2 is 2.12 bits per heavy atom. The second-order valence-electron chi connectivity index (χ2n) is 4.88. The summed E-state index contributed by atoms with van der Waals surface area (Å²) in [5.74, 6) is 0.327. The molecule has 1 aromatic rings. The molecular formula is C13H20N2O. The third-order valence-electron chi connectivity index (χ3n) is 3.30. The predicted molar refractivity (Wildman–Crippen MR) is 65.0 cm³/mol. The lowest BCUT2D eigenvalue weighted by Crippen LogP contribution is -2.21. The van der Waals surface area contributed by atoms with Crippen molar-refractivity contribution in [2.24, 2.45) is 0 Å². The van der Waals surface area contributed by atoms with Gasteiger partial charge in [-0.3, -0.25) is 4.79 Å². The van der Waals surface area contributed by atoms with Crippen LogP contribution in [0.3, 0.4) is 0 Å². The fraction of sp³-hybridized carbons (Fsp3) is 0.615. The Hall–Kier alpha value is -1.09. The molecule has 88 valence electrons. The van der Waals surface area contributed by atoms with Crippen LogP contribution in [0.5, 0.6) is 0 Å². The van der Waals surface area contributed by atoms with E-state index < -0.39 is 0 Å². The van der Waals surface area contributed by atoms with Gasteiger partial charge in [0.15, 0.2) is 5.78 Å². The van der Waals surface area contributed by atoms with E-state index in [-0.39, 0.29) is 0 Å². The Labute approximate surface area is 97.1 Å². The van der Waals surface area contributed by atoms with Gasteiger partial charge < -0.3 is 9.47 Å². The summed E-state index contributed by atoms with van der Waals surface area (Å²) in [6.45, 7) is 4.11. The molecule has 0 unspecified atom stereocenters. The van der Waals surface area contributed by atoms with Gasteiger partial charge in [-0.15, -0.1) is 0 Å². The van der Waals surface area contributed by atoms with E-state index in [0.29, 0.717) is 5.78 Å². The fourth-order valence-corrected chi connectivity index (χ4v) is 2.40. The minimum Gasteiger partial charge on any atom is -0.347 e. The minimum absolute atomic E-state index is 0.327. The molecule has 1 aromatic heterocycles. The number of rotatable bonds is 3. The van der Waals surface area contributed by atoms with Crippen LogP contribution < -0.4 is 0 Å². The van der Waals surface area contributed by atoms with Gasteiger partial charge in [0.25, 0.3) is 0 Å². The molecule has 3 heteroatoms. The maximum Gasteiger partial charge on any atom is 0.164 e. The van der Waals surface area contributed by atoms with Crippen LogP contribution in [-0.2, 0) is 13.0 Å². The molecule has 0 N–H and O–H groups in total. The summed E-state index contributed by atoms with van der Waals surface area (Å²) in [6.07, 6.45) is 2.80. The second-order valence-corrected chi connectivity index (χ2v) is 4.88. The quantitative estimate of drug-likeness (QED) is 0.777. The summed E-state index contributed by atoms with van der Waals surface area (Å²) in [7, 11) is 4.16. The molecule has 0 fully saturated rings. The lowest BCUT2D eigenvalue weighted by molar-refractivity contribution is 0.0971. The third kappa shape index (κ3) is 2.05. The molecule has 0 aromatic carbocycles. The number of likely N-dealkylation sites (N-methyl/N-ethyl adjacent to an activating group) is 1. The van der Waals surface area contributed by atoms with Crippen molar-refractivity contribution in [3.8, 4) is 0 Å². The van der Waals surface area contributed by atoms with E-state index in [0.717, 1.165) is 37.9 Å². The van der Waals surface area contributed by atoms with Crippen molar-refractivity contribution in [2.75, 3.05) is 20.6 Å². The van der Waals surface area contributed by atoms with Crippen LogP contribution in [-0.4, -0.2) is 35.9 Å². The zero-order chi connectivity index (χ0) is 11.7. The molecule has 0 radical (unpaired) electrons. The zero-order valence-corrected chi connectivity index (χ0v) is 10.4. The first kappa shape index (κ1) is 11.4. The standard InChI is InChI=1S/C13H20N2O/c1-10-9-11-12(5-4-6-13(11)16)15(10)8-7-14(2)3/h9H,4-8H2,1-3H3. The van der Waals surface area contributed by atoms with Crippen LogP contribution in [0, 0.1) is 6.92 Å². The normalized spacial score (nSPS) is 15.6. The first-order chi connectivity index (χ1) is 7.59. The first-order valence-corrected chi connectivity index (χ1v) is 5.96. The van der Waals surface area contributed by atoms with E-state index in [9.17, 15) is 4.79 Å². The molecule has 0 spiro atoms. The molecule has 0 saturated heterocycles. The number of ketones is 1. The Balaban J connectivity index is 2.27. The van der Waals surface area contributed by atoms with Crippen molar-refractivity contribution in [3.63, 3.8) is 0 Å². The number of carbonyl (C=O) groups is 1. The van der Waals surface area contributed by atoms with Crippen molar-refractivity contribution in [2.45, 2.75) is 32.7 Å². The van der Waals surface area contributed by atoms with Gasteiger partial charge in [-0.25, -0.2) is 0 Å². The average Bonchev–Trinajstić information content (AvgIpc) is 2.53. The maximum absolute atomic E-state index is 11.8. The molecule has 3 nitrogen and oxygen atoms in total. The summed E-state index contributed by atoms with van der Waals surface area (Å²) >= 11 is 0. The highest BCUT2D eigenvalue weighted by atomic mass is 16.1. The van der Waals surface area contributed by atoms with Gasteiger partial charge >= 0.3 is 0 Å². The van der Waals surface area contributed by atoms with E-state index >= 15 is 0 Å². The van der Waals surface area contributed by atoms with Crippen LogP contribution in [0.2, 0.25) is 0 Å². The number of aromatic nitrogens is 1. The number of fused-ring (bicyclic) bond motifs is 1. The van der Waals surface area contributed by atoms with Gasteiger partial charge in [0, 0.05) is 36.5 Å². The van der Waals surface area contributed by atoms with Gasteiger partial charge in [0.2, 0.25) is 0 Å². The Morgan fingerprint density at radius 1 is 1.38 bits per heavy atom. The van der Waals surface area contributed by atoms with E-state index in [4.69, 9.17) is 0 Å². The van der Waals surface area contributed by atoms with Gasteiger partial charge in [0.05, 0.1) is 0 Å². The molecule has 1 aliphatic carbocycles. The summed E-state index contributed by atoms with van der Waals surface area (Å²) in [6, 6.07) is 2.06. The molecule has 0 amide bonds. The number of Topliss-reactive ketones (excluding diaryl/α,β-unsaturated/α-hetero) is 1. The number of carbonyl (C=O) groups excluding carboxylic acids is 1. The van der Waals surface area contributed by atoms with Crippen molar-refractivity contribution in [3.05, 3.63) is 23.0 Å². The highest BCUT2D eigenvalue weighted by molar-refractivity contribution is 5.98. The highest BCUT2D eigenvalue weighted by Crippen LogP contribution is 2.24. The monoisotopic (exact) mass is 220 g/mol. The maximum atomic E-state index is 11.8. The minimum atomic E-state index is 0.327. The lowest BCUT2D eigenvalue weighted by atomic mass is 9.97. The van der Waals surface area contributed by atoms with Crippen LogP contribution >= 0.6 is 0 Å². The number of hydrogen-bond donors (Lipinski definition) is 0. The number of nitrogens with zero attached hydrogens (tertiary/aromatic N) is 2.